The Kier molecular flexibility index (Phi) is 2.94. The van der Waals surface area contributed by atoms with Crippen LogP contribution in [-0.4, -0.2) is 20.5 Å². The van der Waals surface area contributed by atoms with E-state index in [1.54, 1.807) is 11.6 Å². The number of ether oxygens (including phenoxy) is 1. The number of aromatic nitrogens is 2. The fourth-order valence-corrected chi connectivity index (χ4v) is 2.79. The van der Waals surface area contributed by atoms with Crippen molar-refractivity contribution in [3.05, 3.63) is 46.6 Å². The molecule has 2 aromatic heterocycles. The predicted molar refractivity (Wildman–Crippen MR) is 76.0 cm³/mol. The van der Waals surface area contributed by atoms with E-state index in [1.165, 1.54) is 15.7 Å². The highest BCUT2D eigenvalue weighted by atomic mass is 32.1. The molecule has 0 saturated carbocycles. The van der Waals surface area contributed by atoms with E-state index in [0.29, 0.717) is 10.7 Å². The third kappa shape index (κ3) is 1.94. The zero-order valence-corrected chi connectivity index (χ0v) is 11.8. The van der Waals surface area contributed by atoms with Crippen LogP contribution in [0.2, 0.25) is 0 Å². The number of carboxylic acid groups (broad SMARTS) is 1. The van der Waals surface area contributed by atoms with E-state index in [2.05, 4.69) is 4.98 Å². The summed E-state index contributed by atoms with van der Waals surface area (Å²) < 4.78 is 7.29. The number of carboxylic acids is 1. The van der Waals surface area contributed by atoms with Crippen molar-refractivity contribution in [2.75, 3.05) is 0 Å². The van der Waals surface area contributed by atoms with Crippen LogP contribution in [0.15, 0.2) is 29.8 Å². The van der Waals surface area contributed by atoms with Gasteiger partial charge in [-0.2, -0.15) is 4.98 Å². The van der Waals surface area contributed by atoms with Crippen molar-refractivity contribution in [2.24, 2.45) is 0 Å². The molecule has 3 aromatic rings. The highest BCUT2D eigenvalue weighted by Gasteiger charge is 2.22. The molecule has 0 atom stereocenters. The number of aryl methyl sites for hydroxylation is 2. The van der Waals surface area contributed by atoms with Crippen molar-refractivity contribution in [2.45, 2.75) is 13.8 Å². The summed E-state index contributed by atoms with van der Waals surface area (Å²) >= 11 is 1.37. The van der Waals surface area contributed by atoms with Crippen LogP contribution < -0.4 is 4.74 Å². The van der Waals surface area contributed by atoms with Gasteiger partial charge in [-0.05, 0) is 25.0 Å². The molecule has 6 heteroatoms. The van der Waals surface area contributed by atoms with Gasteiger partial charge in [-0.15, -0.1) is 11.3 Å². The normalized spacial score (nSPS) is 10.9. The Balaban J connectivity index is 2.13. The highest BCUT2D eigenvalue weighted by Crippen LogP contribution is 2.31. The molecular formula is C14H12N2O3S. The minimum atomic E-state index is -1.06. The van der Waals surface area contributed by atoms with Crippen molar-refractivity contribution in [3.63, 3.8) is 0 Å². The van der Waals surface area contributed by atoms with E-state index < -0.39 is 5.97 Å². The number of thiazole rings is 1. The second-order valence-electron chi connectivity index (χ2n) is 4.45. The molecule has 5 nitrogen and oxygen atoms in total. The number of imidazole rings is 1. The number of para-hydroxylation sites is 1. The van der Waals surface area contributed by atoms with Gasteiger partial charge in [-0.3, -0.25) is 4.40 Å². The monoisotopic (exact) mass is 288 g/mol. The van der Waals surface area contributed by atoms with Gasteiger partial charge in [0.25, 0.3) is 5.88 Å². The molecule has 0 aliphatic rings. The average molecular weight is 288 g/mol. The van der Waals surface area contributed by atoms with Crippen molar-refractivity contribution in [1.82, 2.24) is 9.38 Å². The quantitative estimate of drug-likeness (QED) is 0.801. The summed E-state index contributed by atoms with van der Waals surface area (Å²) in [7, 11) is 0. The first-order valence-electron chi connectivity index (χ1n) is 6.01. The van der Waals surface area contributed by atoms with Gasteiger partial charge in [0.05, 0.1) is 0 Å². The van der Waals surface area contributed by atoms with Crippen LogP contribution in [0.25, 0.3) is 4.96 Å². The van der Waals surface area contributed by atoms with Gasteiger partial charge in [0.15, 0.2) is 10.7 Å². The molecule has 0 aliphatic heterocycles. The SMILES string of the molecule is Cc1cccc(C)c1Oc1nc2sccn2c1C(=O)O. The molecule has 0 radical (unpaired) electrons. The lowest BCUT2D eigenvalue weighted by Gasteiger charge is -2.09. The molecule has 2 heterocycles. The summed E-state index contributed by atoms with van der Waals surface area (Å²) in [5, 5.41) is 11.1. The first-order chi connectivity index (χ1) is 9.58. The molecule has 0 bridgehead atoms. The fraction of sp³-hybridized carbons (Fsp3) is 0.143. The number of nitrogens with zero attached hydrogens (tertiary/aromatic N) is 2. The Morgan fingerprint density at radius 3 is 2.70 bits per heavy atom. The number of aromatic carboxylic acids is 1. The standard InChI is InChI=1S/C14H12N2O3S/c1-8-4-3-5-9(2)11(8)19-12-10(13(17)18)16-6-7-20-14(16)15-12/h3-7H,1-2H3,(H,17,18). The average Bonchev–Trinajstić information content (AvgIpc) is 2.93. The first-order valence-corrected chi connectivity index (χ1v) is 6.89. The van der Waals surface area contributed by atoms with Gasteiger partial charge in [0.2, 0.25) is 0 Å². The molecule has 1 aromatic carbocycles. The topological polar surface area (TPSA) is 63.8 Å². The van der Waals surface area contributed by atoms with Crippen LogP contribution in [-0.2, 0) is 0 Å². The second kappa shape index (κ2) is 4.64. The van der Waals surface area contributed by atoms with Gasteiger partial charge in [0, 0.05) is 11.6 Å². The van der Waals surface area contributed by atoms with E-state index in [4.69, 9.17) is 4.74 Å². The van der Waals surface area contributed by atoms with Crippen molar-refractivity contribution < 1.29 is 14.6 Å². The lowest BCUT2D eigenvalue weighted by atomic mass is 10.1. The van der Waals surface area contributed by atoms with E-state index in [0.717, 1.165) is 11.1 Å². The van der Waals surface area contributed by atoms with Crippen molar-refractivity contribution >= 4 is 22.3 Å². The molecule has 0 aliphatic carbocycles. The first kappa shape index (κ1) is 12.7. The third-order valence-electron chi connectivity index (χ3n) is 3.04. The largest absolute Gasteiger partial charge is 0.476 e. The minimum Gasteiger partial charge on any atom is -0.476 e. The van der Waals surface area contributed by atoms with Gasteiger partial charge in [0.1, 0.15) is 5.75 Å². The summed E-state index contributed by atoms with van der Waals surface area (Å²) in [6.45, 7) is 3.84. The zero-order chi connectivity index (χ0) is 14.3. The molecule has 0 unspecified atom stereocenters. The molecular weight excluding hydrogens is 276 g/mol. The number of hydrogen-bond donors (Lipinski definition) is 1. The molecule has 0 spiro atoms. The van der Waals surface area contributed by atoms with Gasteiger partial charge >= 0.3 is 5.97 Å². The van der Waals surface area contributed by atoms with Crippen LogP contribution in [0, 0.1) is 13.8 Å². The molecule has 0 saturated heterocycles. The molecule has 20 heavy (non-hydrogen) atoms. The Hall–Kier alpha value is -2.34. The van der Waals surface area contributed by atoms with Gasteiger partial charge in [-0.1, -0.05) is 18.2 Å². The Morgan fingerprint density at radius 2 is 2.05 bits per heavy atom. The van der Waals surface area contributed by atoms with Crippen LogP contribution in [0.5, 0.6) is 11.6 Å². The molecule has 3 rings (SSSR count). The van der Waals surface area contributed by atoms with E-state index in [1.807, 2.05) is 32.0 Å². The maximum absolute atomic E-state index is 11.4. The number of fused-ring (bicyclic) bond motifs is 1. The summed E-state index contributed by atoms with van der Waals surface area (Å²) in [5.41, 5.74) is 1.93. The van der Waals surface area contributed by atoms with E-state index in [-0.39, 0.29) is 11.6 Å². The van der Waals surface area contributed by atoms with Crippen LogP contribution >= 0.6 is 11.3 Å². The van der Waals surface area contributed by atoms with E-state index >= 15 is 0 Å². The number of carbonyl (C=O) groups is 1. The molecule has 0 amide bonds. The van der Waals surface area contributed by atoms with Crippen LogP contribution in [0.3, 0.4) is 0 Å². The zero-order valence-electron chi connectivity index (χ0n) is 11.0. The lowest BCUT2D eigenvalue weighted by molar-refractivity contribution is 0.0686. The fourth-order valence-electron chi connectivity index (χ4n) is 2.09. The maximum Gasteiger partial charge on any atom is 0.358 e. The Bertz CT molecular complexity index is 784. The van der Waals surface area contributed by atoms with Gasteiger partial charge in [-0.25, -0.2) is 4.79 Å². The molecule has 102 valence electrons. The third-order valence-corrected chi connectivity index (χ3v) is 3.80. The summed E-state index contributed by atoms with van der Waals surface area (Å²) in [6.07, 6.45) is 1.67. The number of benzene rings is 1. The smallest absolute Gasteiger partial charge is 0.358 e. The number of rotatable bonds is 3. The summed E-state index contributed by atoms with van der Waals surface area (Å²) in [6, 6.07) is 5.77. The minimum absolute atomic E-state index is 0.0453. The second-order valence-corrected chi connectivity index (χ2v) is 5.32. The summed E-state index contributed by atoms with van der Waals surface area (Å²) in [5.74, 6) is -0.278. The summed E-state index contributed by atoms with van der Waals surface area (Å²) in [4.78, 5) is 16.3. The van der Waals surface area contributed by atoms with Crippen molar-refractivity contribution in [3.8, 4) is 11.6 Å². The predicted octanol–water partition coefficient (Wildman–Crippen LogP) is 3.50. The van der Waals surface area contributed by atoms with Crippen molar-refractivity contribution in [1.29, 1.82) is 0 Å². The maximum atomic E-state index is 11.4. The number of hydrogen-bond acceptors (Lipinski definition) is 4. The lowest BCUT2D eigenvalue weighted by Crippen LogP contribution is -2.03. The van der Waals surface area contributed by atoms with Crippen LogP contribution in [0.4, 0.5) is 0 Å². The molecule has 0 fully saturated rings. The molecule has 1 N–H and O–H groups in total. The Labute approximate surface area is 119 Å². The Morgan fingerprint density at radius 1 is 1.35 bits per heavy atom. The highest BCUT2D eigenvalue weighted by molar-refractivity contribution is 7.15. The van der Waals surface area contributed by atoms with Crippen LogP contribution in [0.1, 0.15) is 21.6 Å². The van der Waals surface area contributed by atoms with E-state index in [9.17, 15) is 9.90 Å². The van der Waals surface area contributed by atoms with Gasteiger partial charge < -0.3 is 9.84 Å².